The average Bonchev–Trinajstić information content (AvgIpc) is 2.64. The molecule has 0 saturated heterocycles. The predicted octanol–water partition coefficient (Wildman–Crippen LogP) is 5.06. The Morgan fingerprint density at radius 1 is 0.696 bits per heavy atom. The molecule has 0 bridgehead atoms. The van der Waals surface area contributed by atoms with Gasteiger partial charge in [-0.15, -0.1) is 0 Å². The largest absolute Gasteiger partial charge is 0.309 e. The maximum Gasteiger partial charge on any atom is 0.164 e. The molecule has 1 nitrogen and oxygen atoms in total. The Morgan fingerprint density at radius 3 is 1.52 bits per heavy atom. The number of allylic oxidation sites excluding steroid dienone is 1. The van der Waals surface area contributed by atoms with Crippen molar-refractivity contribution in [1.82, 2.24) is 0 Å². The molecule has 0 saturated carbocycles. The molecule has 0 aromatic heterocycles. The van der Waals surface area contributed by atoms with Crippen LogP contribution in [0.25, 0.3) is 5.57 Å². The smallest absolute Gasteiger partial charge is 0.164 e. The van der Waals surface area contributed by atoms with Gasteiger partial charge in [0.1, 0.15) is 0 Å². The van der Waals surface area contributed by atoms with E-state index in [0.29, 0.717) is 0 Å². The molecule has 0 unspecified atom stereocenters. The highest BCUT2D eigenvalue weighted by Crippen LogP contribution is 2.47. The Labute approximate surface area is 137 Å². The normalized spacial score (nSPS) is 12.1. The molecule has 2 heteroatoms. The molecule has 0 aliphatic heterocycles. The SMILES string of the molecule is CC(=CP(=O)(c1ccccc1)c1ccccc1)c1ccccc1. The molecule has 0 fully saturated rings. The molecule has 3 aromatic rings. The van der Waals surface area contributed by atoms with Gasteiger partial charge >= 0.3 is 0 Å². The summed E-state index contributed by atoms with van der Waals surface area (Å²) in [7, 11) is -2.81. The van der Waals surface area contributed by atoms with Crippen molar-refractivity contribution < 1.29 is 4.57 Å². The van der Waals surface area contributed by atoms with Crippen molar-refractivity contribution in [2.45, 2.75) is 6.92 Å². The van der Waals surface area contributed by atoms with Gasteiger partial charge in [-0.1, -0.05) is 91.0 Å². The molecular formula is C21H19OP. The summed E-state index contributed by atoms with van der Waals surface area (Å²) in [6.07, 6.45) is 0. The third-order valence-electron chi connectivity index (χ3n) is 3.88. The molecule has 3 rings (SSSR count). The van der Waals surface area contributed by atoms with Gasteiger partial charge in [-0.3, -0.25) is 0 Å². The van der Waals surface area contributed by atoms with E-state index in [9.17, 15) is 4.57 Å². The monoisotopic (exact) mass is 318 g/mol. The van der Waals surface area contributed by atoms with Crippen molar-refractivity contribution in [1.29, 1.82) is 0 Å². The lowest BCUT2D eigenvalue weighted by Crippen LogP contribution is -2.14. The van der Waals surface area contributed by atoms with Crippen LogP contribution in [0.1, 0.15) is 12.5 Å². The van der Waals surface area contributed by atoms with Gasteiger partial charge in [0.15, 0.2) is 7.14 Å². The van der Waals surface area contributed by atoms with Crippen molar-refractivity contribution >= 4 is 23.3 Å². The molecule has 0 amide bonds. The van der Waals surface area contributed by atoms with Crippen LogP contribution in [-0.4, -0.2) is 0 Å². The van der Waals surface area contributed by atoms with E-state index >= 15 is 0 Å². The van der Waals surface area contributed by atoms with Gasteiger partial charge in [0.25, 0.3) is 0 Å². The first-order valence-corrected chi connectivity index (χ1v) is 9.43. The summed E-state index contributed by atoms with van der Waals surface area (Å²) in [6, 6.07) is 29.5. The molecule has 0 aliphatic rings. The summed E-state index contributed by atoms with van der Waals surface area (Å²) in [5.74, 6) is 1.94. The minimum absolute atomic E-state index is 0.862. The fourth-order valence-electron chi connectivity index (χ4n) is 2.65. The van der Waals surface area contributed by atoms with Crippen LogP contribution < -0.4 is 10.6 Å². The molecule has 0 radical (unpaired) electrons. The van der Waals surface area contributed by atoms with Crippen LogP contribution >= 0.6 is 7.14 Å². The van der Waals surface area contributed by atoms with Crippen LogP contribution in [0.4, 0.5) is 0 Å². The lowest BCUT2D eigenvalue weighted by atomic mass is 10.1. The Hall–Kier alpha value is -2.37. The summed E-state index contributed by atoms with van der Waals surface area (Å²) >= 11 is 0. The van der Waals surface area contributed by atoms with Crippen molar-refractivity contribution in [3.63, 3.8) is 0 Å². The van der Waals surface area contributed by atoms with E-state index < -0.39 is 7.14 Å². The molecule has 23 heavy (non-hydrogen) atoms. The Kier molecular flexibility index (Phi) is 4.60. The zero-order valence-corrected chi connectivity index (χ0v) is 14.0. The van der Waals surface area contributed by atoms with Crippen LogP contribution in [0.3, 0.4) is 0 Å². The second-order valence-corrected chi connectivity index (χ2v) is 8.11. The van der Waals surface area contributed by atoms with Crippen molar-refractivity contribution in [3.05, 3.63) is 102 Å². The lowest BCUT2D eigenvalue weighted by molar-refractivity contribution is 0.592. The molecule has 3 aromatic carbocycles. The quantitative estimate of drug-likeness (QED) is 0.614. The summed E-state index contributed by atoms with van der Waals surface area (Å²) in [5.41, 5.74) is 2.13. The van der Waals surface area contributed by atoms with Crippen molar-refractivity contribution in [2.24, 2.45) is 0 Å². The van der Waals surface area contributed by atoms with Gasteiger partial charge in [0.2, 0.25) is 0 Å². The van der Waals surface area contributed by atoms with E-state index in [1.807, 2.05) is 104 Å². The minimum atomic E-state index is -2.81. The first-order valence-electron chi connectivity index (χ1n) is 7.66. The first-order chi connectivity index (χ1) is 11.2. The summed E-state index contributed by atoms with van der Waals surface area (Å²) in [5, 5.41) is 1.72. The molecule has 0 spiro atoms. The Bertz CT molecular complexity index is 793. The Morgan fingerprint density at radius 2 is 1.09 bits per heavy atom. The second kappa shape index (κ2) is 6.81. The highest BCUT2D eigenvalue weighted by molar-refractivity contribution is 7.81. The highest BCUT2D eigenvalue weighted by atomic mass is 31.2. The van der Waals surface area contributed by atoms with Gasteiger partial charge in [-0.25, -0.2) is 0 Å². The van der Waals surface area contributed by atoms with Gasteiger partial charge in [0, 0.05) is 10.6 Å². The first kappa shape index (κ1) is 15.5. The van der Waals surface area contributed by atoms with Crippen LogP contribution in [0.2, 0.25) is 0 Å². The topological polar surface area (TPSA) is 17.1 Å². The number of benzene rings is 3. The van der Waals surface area contributed by atoms with Gasteiger partial charge in [0.05, 0.1) is 0 Å². The zero-order valence-electron chi connectivity index (χ0n) is 13.1. The van der Waals surface area contributed by atoms with Crippen molar-refractivity contribution in [2.75, 3.05) is 0 Å². The maximum atomic E-state index is 13.9. The van der Waals surface area contributed by atoms with Crippen LogP contribution in [0, 0.1) is 0 Å². The highest BCUT2D eigenvalue weighted by Gasteiger charge is 2.24. The van der Waals surface area contributed by atoms with Crippen LogP contribution in [0.5, 0.6) is 0 Å². The van der Waals surface area contributed by atoms with Gasteiger partial charge in [-0.2, -0.15) is 0 Å². The van der Waals surface area contributed by atoms with E-state index in [2.05, 4.69) is 0 Å². The standard InChI is InChI=1S/C21H19OP/c1-18(19-11-5-2-6-12-19)17-23(22,20-13-7-3-8-14-20)21-15-9-4-10-16-21/h2-17H,1H3. The molecular weight excluding hydrogens is 299 g/mol. The van der Waals surface area contributed by atoms with Crippen molar-refractivity contribution in [3.8, 4) is 0 Å². The van der Waals surface area contributed by atoms with E-state index in [1.165, 1.54) is 0 Å². The zero-order chi connectivity index (χ0) is 16.1. The molecule has 0 atom stereocenters. The van der Waals surface area contributed by atoms with E-state index in [-0.39, 0.29) is 0 Å². The van der Waals surface area contributed by atoms with Gasteiger partial charge < -0.3 is 4.57 Å². The minimum Gasteiger partial charge on any atom is -0.309 e. The summed E-state index contributed by atoms with van der Waals surface area (Å²) in [4.78, 5) is 0. The fourth-order valence-corrected chi connectivity index (χ4v) is 5.17. The third-order valence-corrected chi connectivity index (χ3v) is 6.77. The fraction of sp³-hybridized carbons (Fsp3) is 0.0476. The number of rotatable bonds is 4. The predicted molar refractivity (Wildman–Crippen MR) is 99.9 cm³/mol. The number of hydrogen-bond donors (Lipinski definition) is 0. The maximum absolute atomic E-state index is 13.9. The second-order valence-electron chi connectivity index (χ2n) is 5.51. The Balaban J connectivity index is 2.16. The molecule has 0 N–H and O–H groups in total. The van der Waals surface area contributed by atoms with E-state index in [1.54, 1.807) is 0 Å². The molecule has 0 heterocycles. The summed E-state index contributed by atoms with van der Waals surface area (Å²) in [6.45, 7) is 2.02. The summed E-state index contributed by atoms with van der Waals surface area (Å²) < 4.78 is 13.9. The molecule has 0 aliphatic carbocycles. The molecule has 114 valence electrons. The van der Waals surface area contributed by atoms with Gasteiger partial charge in [-0.05, 0) is 23.9 Å². The van der Waals surface area contributed by atoms with Crippen LogP contribution in [0.15, 0.2) is 96.8 Å². The average molecular weight is 318 g/mol. The third kappa shape index (κ3) is 3.36. The van der Waals surface area contributed by atoms with E-state index in [0.717, 1.165) is 21.7 Å². The lowest BCUT2D eigenvalue weighted by Gasteiger charge is -2.17. The van der Waals surface area contributed by atoms with E-state index in [4.69, 9.17) is 0 Å². The number of hydrogen-bond acceptors (Lipinski definition) is 1. The van der Waals surface area contributed by atoms with Crippen LogP contribution in [-0.2, 0) is 4.57 Å².